The van der Waals surface area contributed by atoms with E-state index in [9.17, 15) is 4.79 Å². The number of carbonyl (C=O) groups excluding carboxylic acids is 1. The van der Waals surface area contributed by atoms with Crippen LogP contribution in [-0.4, -0.2) is 32.5 Å². The highest BCUT2D eigenvalue weighted by molar-refractivity contribution is 7.99. The molecular weight excluding hydrogens is 379 g/mol. The van der Waals surface area contributed by atoms with Crippen LogP contribution in [0.3, 0.4) is 0 Å². The van der Waals surface area contributed by atoms with Gasteiger partial charge in [-0.2, -0.15) is 0 Å². The molecule has 1 N–H and O–H groups in total. The standard InChI is InChI=1S/C17H20Cl2N4OS/c1-10(2)8-23-16(13-6-3-11(18)7-14(13)19)21-22-17(23)25-9-15(24)20-12-4-5-12/h3,6-7,10,12H,4-5,8-9H2,1-2H3,(H,20,24). The number of nitrogens with zero attached hydrogens (tertiary/aromatic N) is 3. The van der Waals surface area contributed by atoms with Crippen molar-refractivity contribution in [3.05, 3.63) is 28.2 Å². The molecule has 1 aliphatic rings. The highest BCUT2D eigenvalue weighted by atomic mass is 35.5. The van der Waals surface area contributed by atoms with Crippen molar-refractivity contribution in [1.29, 1.82) is 0 Å². The number of amides is 1. The fourth-order valence-electron chi connectivity index (χ4n) is 2.42. The molecule has 0 bridgehead atoms. The van der Waals surface area contributed by atoms with Crippen LogP contribution in [0.4, 0.5) is 0 Å². The van der Waals surface area contributed by atoms with Gasteiger partial charge in [0.2, 0.25) is 5.91 Å². The van der Waals surface area contributed by atoms with Crippen LogP contribution in [0.2, 0.25) is 10.0 Å². The summed E-state index contributed by atoms with van der Waals surface area (Å²) in [7, 11) is 0. The van der Waals surface area contributed by atoms with E-state index in [0.717, 1.165) is 30.1 Å². The number of aromatic nitrogens is 3. The van der Waals surface area contributed by atoms with Crippen molar-refractivity contribution in [2.75, 3.05) is 5.75 Å². The minimum Gasteiger partial charge on any atom is -0.353 e. The Morgan fingerprint density at radius 1 is 1.36 bits per heavy atom. The SMILES string of the molecule is CC(C)Cn1c(SCC(=O)NC2CC2)nnc1-c1ccc(Cl)cc1Cl. The number of rotatable bonds is 7. The quantitative estimate of drug-likeness (QED) is 0.706. The molecule has 0 saturated heterocycles. The van der Waals surface area contributed by atoms with Crippen molar-refractivity contribution in [2.24, 2.45) is 5.92 Å². The second-order valence-electron chi connectivity index (χ2n) is 6.57. The van der Waals surface area contributed by atoms with Crippen molar-refractivity contribution in [3.8, 4) is 11.4 Å². The number of hydrogen-bond acceptors (Lipinski definition) is 4. The molecule has 1 heterocycles. The maximum Gasteiger partial charge on any atom is 0.230 e. The minimum atomic E-state index is 0.0395. The molecule has 2 aromatic rings. The number of benzene rings is 1. The maximum atomic E-state index is 11.9. The Hall–Kier alpha value is -1.24. The van der Waals surface area contributed by atoms with E-state index in [1.54, 1.807) is 12.1 Å². The second kappa shape index (κ2) is 7.98. The van der Waals surface area contributed by atoms with Crippen LogP contribution >= 0.6 is 35.0 Å². The summed E-state index contributed by atoms with van der Waals surface area (Å²) < 4.78 is 2.02. The van der Waals surface area contributed by atoms with Crippen LogP contribution in [0.5, 0.6) is 0 Å². The summed E-state index contributed by atoms with van der Waals surface area (Å²) in [6, 6.07) is 5.69. The molecule has 134 valence electrons. The Morgan fingerprint density at radius 2 is 2.12 bits per heavy atom. The average Bonchev–Trinajstić information content (AvgIpc) is 3.26. The zero-order chi connectivity index (χ0) is 18.0. The van der Waals surface area contributed by atoms with Crippen LogP contribution in [0.15, 0.2) is 23.4 Å². The molecule has 8 heteroatoms. The first kappa shape index (κ1) is 18.5. The van der Waals surface area contributed by atoms with Gasteiger partial charge in [-0.25, -0.2) is 0 Å². The monoisotopic (exact) mass is 398 g/mol. The van der Waals surface area contributed by atoms with E-state index in [2.05, 4.69) is 29.4 Å². The van der Waals surface area contributed by atoms with Crippen LogP contribution in [-0.2, 0) is 11.3 Å². The summed E-state index contributed by atoms with van der Waals surface area (Å²) in [6.07, 6.45) is 2.16. The van der Waals surface area contributed by atoms with Gasteiger partial charge in [-0.1, -0.05) is 48.8 Å². The van der Waals surface area contributed by atoms with Gasteiger partial charge in [-0.3, -0.25) is 4.79 Å². The topological polar surface area (TPSA) is 59.8 Å². The third kappa shape index (κ3) is 4.90. The normalized spacial score (nSPS) is 14.1. The van der Waals surface area contributed by atoms with Gasteiger partial charge in [-0.15, -0.1) is 10.2 Å². The number of thioether (sulfide) groups is 1. The molecular formula is C17H20Cl2N4OS. The number of nitrogens with one attached hydrogen (secondary N) is 1. The molecule has 5 nitrogen and oxygen atoms in total. The summed E-state index contributed by atoms with van der Waals surface area (Å²) >= 11 is 13.7. The lowest BCUT2D eigenvalue weighted by molar-refractivity contribution is -0.118. The third-order valence-corrected chi connectivity index (χ3v) is 5.23. The maximum absolute atomic E-state index is 11.9. The van der Waals surface area contributed by atoms with Gasteiger partial charge < -0.3 is 9.88 Å². The fourth-order valence-corrected chi connectivity index (χ4v) is 3.67. The van der Waals surface area contributed by atoms with Gasteiger partial charge in [0.15, 0.2) is 11.0 Å². The smallest absolute Gasteiger partial charge is 0.230 e. The van der Waals surface area contributed by atoms with E-state index in [1.165, 1.54) is 11.8 Å². The Bertz CT molecular complexity index is 774. The summed E-state index contributed by atoms with van der Waals surface area (Å²) in [4.78, 5) is 11.9. The second-order valence-corrected chi connectivity index (χ2v) is 8.35. The van der Waals surface area contributed by atoms with Gasteiger partial charge >= 0.3 is 0 Å². The Morgan fingerprint density at radius 3 is 2.76 bits per heavy atom. The lowest BCUT2D eigenvalue weighted by Crippen LogP contribution is -2.27. The molecule has 1 aromatic carbocycles. The molecule has 0 atom stereocenters. The first-order valence-corrected chi connectivity index (χ1v) is 9.99. The molecule has 1 amide bonds. The first-order valence-electron chi connectivity index (χ1n) is 8.25. The lowest BCUT2D eigenvalue weighted by atomic mass is 10.2. The molecule has 0 unspecified atom stereocenters. The molecule has 1 aliphatic carbocycles. The minimum absolute atomic E-state index is 0.0395. The lowest BCUT2D eigenvalue weighted by Gasteiger charge is -2.13. The Balaban J connectivity index is 1.82. The highest BCUT2D eigenvalue weighted by Crippen LogP contribution is 2.32. The summed E-state index contributed by atoms with van der Waals surface area (Å²) in [6.45, 7) is 5.00. The van der Waals surface area contributed by atoms with Gasteiger partial charge in [-0.05, 0) is 37.0 Å². The van der Waals surface area contributed by atoms with E-state index in [-0.39, 0.29) is 5.91 Å². The molecule has 25 heavy (non-hydrogen) atoms. The van der Waals surface area contributed by atoms with Crippen molar-refractivity contribution in [1.82, 2.24) is 20.1 Å². The predicted octanol–water partition coefficient (Wildman–Crippen LogP) is 4.28. The highest BCUT2D eigenvalue weighted by Gasteiger charge is 2.24. The number of hydrogen-bond donors (Lipinski definition) is 1. The van der Waals surface area contributed by atoms with Gasteiger partial charge in [0.1, 0.15) is 0 Å². The number of carbonyl (C=O) groups is 1. The van der Waals surface area contributed by atoms with Gasteiger partial charge in [0, 0.05) is 23.2 Å². The van der Waals surface area contributed by atoms with Crippen LogP contribution in [0.25, 0.3) is 11.4 Å². The van der Waals surface area contributed by atoms with E-state index in [0.29, 0.717) is 33.6 Å². The summed E-state index contributed by atoms with van der Waals surface area (Å²) in [5.74, 6) is 1.47. The fraction of sp³-hybridized carbons (Fsp3) is 0.471. The molecule has 1 saturated carbocycles. The number of halogens is 2. The first-order chi connectivity index (χ1) is 11.9. The van der Waals surface area contributed by atoms with Gasteiger partial charge in [0.05, 0.1) is 10.8 Å². The van der Waals surface area contributed by atoms with E-state index < -0.39 is 0 Å². The Labute approximate surface area is 161 Å². The molecule has 0 spiro atoms. The van der Waals surface area contributed by atoms with Crippen molar-refractivity contribution in [2.45, 2.75) is 44.4 Å². The molecule has 0 radical (unpaired) electrons. The van der Waals surface area contributed by atoms with Crippen LogP contribution < -0.4 is 5.32 Å². The zero-order valence-electron chi connectivity index (χ0n) is 14.1. The van der Waals surface area contributed by atoms with Crippen molar-refractivity contribution >= 4 is 40.9 Å². The average molecular weight is 399 g/mol. The summed E-state index contributed by atoms with van der Waals surface area (Å²) in [5.41, 5.74) is 0.786. The third-order valence-electron chi connectivity index (χ3n) is 3.71. The van der Waals surface area contributed by atoms with E-state index in [1.807, 2.05) is 10.6 Å². The molecule has 1 aromatic heterocycles. The predicted molar refractivity (Wildman–Crippen MR) is 102 cm³/mol. The van der Waals surface area contributed by atoms with Gasteiger partial charge in [0.25, 0.3) is 0 Å². The van der Waals surface area contributed by atoms with E-state index >= 15 is 0 Å². The van der Waals surface area contributed by atoms with Crippen molar-refractivity contribution in [3.63, 3.8) is 0 Å². The largest absolute Gasteiger partial charge is 0.353 e. The van der Waals surface area contributed by atoms with E-state index in [4.69, 9.17) is 23.2 Å². The molecule has 3 rings (SSSR count). The van der Waals surface area contributed by atoms with Crippen molar-refractivity contribution < 1.29 is 4.79 Å². The molecule has 1 fully saturated rings. The zero-order valence-corrected chi connectivity index (χ0v) is 16.5. The Kier molecular flexibility index (Phi) is 5.92. The van der Waals surface area contributed by atoms with Crippen LogP contribution in [0.1, 0.15) is 26.7 Å². The summed E-state index contributed by atoms with van der Waals surface area (Å²) in [5, 5.41) is 13.4. The van der Waals surface area contributed by atoms with Crippen LogP contribution in [0, 0.1) is 5.92 Å². The molecule has 0 aliphatic heterocycles.